The van der Waals surface area contributed by atoms with Gasteiger partial charge >= 0.3 is 0 Å². The van der Waals surface area contributed by atoms with Crippen molar-refractivity contribution in [1.29, 1.82) is 0 Å². The number of hydrogen-bond acceptors (Lipinski definition) is 8. The number of anilines is 1. The molecule has 9 nitrogen and oxygen atoms in total. The van der Waals surface area contributed by atoms with E-state index in [0.717, 1.165) is 5.56 Å². The van der Waals surface area contributed by atoms with Gasteiger partial charge in [-0.2, -0.15) is 0 Å². The van der Waals surface area contributed by atoms with Crippen molar-refractivity contribution in [3.8, 4) is 17.2 Å². The Kier molecular flexibility index (Phi) is 7.80. The molecule has 3 rings (SSSR count). The normalized spacial score (nSPS) is 16.9. The first-order valence-corrected chi connectivity index (χ1v) is 12.1. The van der Waals surface area contributed by atoms with Gasteiger partial charge in [-0.25, -0.2) is 4.98 Å². The molecule has 2 unspecified atom stereocenters. The van der Waals surface area contributed by atoms with Crippen LogP contribution in [0.3, 0.4) is 0 Å². The van der Waals surface area contributed by atoms with Crippen LogP contribution in [0.5, 0.6) is 17.2 Å². The van der Waals surface area contributed by atoms with E-state index in [0.29, 0.717) is 34.4 Å². The highest BCUT2D eigenvalue weighted by Gasteiger charge is 2.48. The largest absolute Gasteiger partial charge is 0.862 e. The van der Waals surface area contributed by atoms with Crippen molar-refractivity contribution in [1.82, 2.24) is 4.98 Å². The van der Waals surface area contributed by atoms with Gasteiger partial charge in [0.2, 0.25) is 11.5 Å². The van der Waals surface area contributed by atoms with E-state index >= 15 is 0 Å². The van der Waals surface area contributed by atoms with Gasteiger partial charge in [-0.05, 0) is 42.7 Å². The number of ketones is 1. The lowest BCUT2D eigenvalue weighted by atomic mass is 10.0. The summed E-state index contributed by atoms with van der Waals surface area (Å²) in [6.07, 6.45) is 3.41. The number of ether oxygens (including phenoxy) is 3. The molecule has 10 heteroatoms. The molecule has 176 valence electrons. The summed E-state index contributed by atoms with van der Waals surface area (Å²) in [7, 11) is 3.94. The van der Waals surface area contributed by atoms with Crippen LogP contribution in [0.25, 0.3) is 0 Å². The zero-order valence-corrected chi connectivity index (χ0v) is 20.1. The fourth-order valence-electron chi connectivity index (χ4n) is 3.69. The first kappa shape index (κ1) is 24.4. The average molecular weight is 474 g/mol. The Balaban J connectivity index is 1.99. The van der Waals surface area contributed by atoms with Crippen LogP contribution in [-0.4, -0.2) is 67.7 Å². The number of benzene rings is 1. The minimum atomic E-state index is -0.856. The van der Waals surface area contributed by atoms with E-state index in [-0.39, 0.29) is 30.7 Å². The Bertz CT molecular complexity index is 1040. The van der Waals surface area contributed by atoms with Crippen molar-refractivity contribution in [3.63, 3.8) is 0 Å². The number of Topliss-reactive ketones (excluding diaryl/α,β-unsaturated/α-hetero) is 1. The molecule has 1 amide bonds. The summed E-state index contributed by atoms with van der Waals surface area (Å²) >= 11 is 0. The van der Waals surface area contributed by atoms with E-state index in [2.05, 4.69) is 9.98 Å². The summed E-state index contributed by atoms with van der Waals surface area (Å²) in [6.45, 7) is 1.82. The van der Waals surface area contributed by atoms with Gasteiger partial charge in [0.05, 0.1) is 46.2 Å². The Morgan fingerprint density at radius 2 is 1.85 bits per heavy atom. The number of methoxy groups -OCH3 is 3. The third kappa shape index (κ3) is 5.05. The number of amides is 1. The number of nitrogens with zero attached hydrogens (tertiary/aromatic N) is 3. The maximum absolute atomic E-state index is 13.6. The van der Waals surface area contributed by atoms with E-state index < -0.39 is 16.1 Å². The lowest BCUT2D eigenvalue weighted by Crippen LogP contribution is -2.52. The summed E-state index contributed by atoms with van der Waals surface area (Å²) in [5.41, 5.74) is 1.13. The SMILES string of the molecule is COc1cc(CN2C(=O)C([S+](C)CCN=C(C)[O-])C(=O)c3cccnc32)cc(OC)c1OC. The molecule has 33 heavy (non-hydrogen) atoms. The number of fused-ring (bicyclic) bond motifs is 1. The van der Waals surface area contributed by atoms with E-state index in [1.54, 1.807) is 30.5 Å². The van der Waals surface area contributed by atoms with Gasteiger partial charge in [0.25, 0.3) is 11.2 Å². The smallest absolute Gasteiger partial charge is 0.289 e. The van der Waals surface area contributed by atoms with Crippen LogP contribution in [0.4, 0.5) is 5.82 Å². The number of carbonyl (C=O) groups excluding carboxylic acids is 2. The second-order valence-electron chi connectivity index (χ2n) is 7.37. The van der Waals surface area contributed by atoms with Gasteiger partial charge in [-0.3, -0.25) is 14.5 Å². The molecule has 0 saturated carbocycles. The van der Waals surface area contributed by atoms with E-state index in [9.17, 15) is 14.7 Å². The number of rotatable bonds is 9. The molecule has 2 aromatic rings. The van der Waals surface area contributed by atoms with Crippen molar-refractivity contribution in [3.05, 3.63) is 41.6 Å². The van der Waals surface area contributed by atoms with Gasteiger partial charge < -0.3 is 24.3 Å². The molecule has 0 spiro atoms. The molecule has 0 saturated heterocycles. The van der Waals surface area contributed by atoms with Crippen LogP contribution in [0.1, 0.15) is 22.8 Å². The lowest BCUT2D eigenvalue weighted by molar-refractivity contribution is -0.216. The predicted molar refractivity (Wildman–Crippen MR) is 126 cm³/mol. The molecule has 0 N–H and O–H groups in total. The lowest BCUT2D eigenvalue weighted by Gasteiger charge is -2.31. The number of aliphatic imine (C=N–C) groups is 1. The molecule has 0 radical (unpaired) electrons. The minimum Gasteiger partial charge on any atom is -0.862 e. The second kappa shape index (κ2) is 10.6. The van der Waals surface area contributed by atoms with E-state index in [1.807, 2.05) is 6.26 Å². The van der Waals surface area contributed by atoms with Crippen molar-refractivity contribution in [2.24, 2.45) is 4.99 Å². The monoisotopic (exact) mass is 473 g/mol. The van der Waals surface area contributed by atoms with E-state index in [4.69, 9.17) is 14.2 Å². The van der Waals surface area contributed by atoms with Crippen molar-refractivity contribution < 1.29 is 28.9 Å². The summed E-state index contributed by atoms with van der Waals surface area (Å²) in [5.74, 6) is 1.32. The molecule has 1 aromatic carbocycles. The maximum Gasteiger partial charge on any atom is 0.289 e. The first-order chi connectivity index (χ1) is 15.8. The molecule has 0 bridgehead atoms. The van der Waals surface area contributed by atoms with Gasteiger partial charge in [-0.1, -0.05) is 0 Å². The van der Waals surface area contributed by atoms with Crippen LogP contribution < -0.4 is 24.2 Å². The maximum atomic E-state index is 13.6. The Morgan fingerprint density at radius 3 is 2.42 bits per heavy atom. The molecule has 2 atom stereocenters. The molecule has 0 aliphatic carbocycles. The van der Waals surface area contributed by atoms with Gasteiger partial charge in [-0.15, -0.1) is 0 Å². The highest BCUT2D eigenvalue weighted by atomic mass is 32.2. The predicted octanol–water partition coefficient (Wildman–Crippen LogP) is 1.23. The third-order valence-corrected chi connectivity index (χ3v) is 7.30. The number of carbonyl (C=O) groups is 2. The first-order valence-electron chi connectivity index (χ1n) is 10.2. The topological polar surface area (TPSA) is 113 Å². The second-order valence-corrected chi connectivity index (χ2v) is 9.63. The number of aromatic nitrogens is 1. The molecule has 1 aromatic heterocycles. The van der Waals surface area contributed by atoms with Crippen LogP contribution in [0, 0.1) is 0 Å². The molecule has 2 heterocycles. The standard InChI is InChI=1S/C23H27N3O6S/c1-14(27)24-9-10-33(5)21-19(28)16-7-6-8-25-22(16)26(23(21)29)13-15-11-17(30-2)20(32-4)18(12-15)31-3/h6-8,11-12,21H,9-10,13H2,1-5H3. The van der Waals surface area contributed by atoms with Crippen molar-refractivity contribution in [2.45, 2.75) is 18.7 Å². The summed E-state index contributed by atoms with van der Waals surface area (Å²) in [5, 5.41) is 10.3. The average Bonchev–Trinajstić information content (AvgIpc) is 2.80. The minimum absolute atomic E-state index is 0.165. The third-order valence-electron chi connectivity index (χ3n) is 5.25. The van der Waals surface area contributed by atoms with Crippen LogP contribution in [-0.2, 0) is 22.2 Å². The molecular weight excluding hydrogens is 446 g/mol. The highest BCUT2D eigenvalue weighted by Crippen LogP contribution is 2.39. The summed E-state index contributed by atoms with van der Waals surface area (Å²) in [4.78, 5) is 36.5. The Labute approximate surface area is 195 Å². The number of pyridine rings is 1. The Hall–Kier alpha value is -3.27. The van der Waals surface area contributed by atoms with E-state index in [1.165, 1.54) is 33.2 Å². The molecule has 1 aliphatic rings. The number of hydrogen-bond donors (Lipinski definition) is 0. The summed E-state index contributed by atoms with van der Waals surface area (Å²) in [6, 6.07) is 6.89. The molecule has 1 aliphatic heterocycles. The molecular formula is C23H27N3O6S. The zero-order valence-electron chi connectivity index (χ0n) is 19.3. The van der Waals surface area contributed by atoms with Crippen molar-refractivity contribution >= 4 is 34.3 Å². The summed E-state index contributed by atoms with van der Waals surface area (Å²) < 4.78 is 16.2. The van der Waals surface area contributed by atoms with Crippen LogP contribution in [0.15, 0.2) is 35.5 Å². The Morgan fingerprint density at radius 1 is 1.18 bits per heavy atom. The van der Waals surface area contributed by atoms with Crippen LogP contribution >= 0.6 is 0 Å². The van der Waals surface area contributed by atoms with Gasteiger partial charge in [0, 0.05) is 17.1 Å². The van der Waals surface area contributed by atoms with Crippen molar-refractivity contribution in [2.75, 3.05) is 44.8 Å². The fourth-order valence-corrected chi connectivity index (χ4v) is 5.26. The van der Waals surface area contributed by atoms with Crippen LogP contribution in [0.2, 0.25) is 0 Å². The fraction of sp³-hybridized carbons (Fsp3) is 0.391. The highest BCUT2D eigenvalue weighted by molar-refractivity contribution is 7.98. The molecule has 0 fully saturated rings. The quantitative estimate of drug-likeness (QED) is 0.233. The van der Waals surface area contributed by atoms with Gasteiger partial charge in [0.1, 0.15) is 11.6 Å². The zero-order chi connectivity index (χ0) is 24.1. The van der Waals surface area contributed by atoms with Gasteiger partial charge in [0.15, 0.2) is 11.5 Å².